The Kier molecular flexibility index (Phi) is 6.52. The van der Waals surface area contributed by atoms with Crippen molar-refractivity contribution in [3.8, 4) is 51.0 Å². The smallest absolute Gasteiger partial charge is 0.164 e. The van der Waals surface area contributed by atoms with Crippen LogP contribution in [0.15, 0.2) is 182 Å². The summed E-state index contributed by atoms with van der Waals surface area (Å²) in [6, 6.07) is 64.3. The summed E-state index contributed by atoms with van der Waals surface area (Å²) in [6.07, 6.45) is 0. The molecule has 0 aliphatic rings. The summed E-state index contributed by atoms with van der Waals surface area (Å²) in [4.78, 5) is 15.3. The van der Waals surface area contributed by atoms with Gasteiger partial charge in [-0.2, -0.15) is 0 Å². The molecule has 0 aliphatic heterocycles. The van der Waals surface area contributed by atoms with Gasteiger partial charge in [0.15, 0.2) is 17.5 Å². The molecular weight excluding hydrogens is 645 g/mol. The van der Waals surface area contributed by atoms with E-state index >= 15 is 0 Å². The van der Waals surface area contributed by atoms with Crippen molar-refractivity contribution in [3.05, 3.63) is 182 Å². The minimum atomic E-state index is 0.644. The van der Waals surface area contributed by atoms with Crippen molar-refractivity contribution >= 4 is 54.1 Å². The maximum absolute atomic E-state index is 5.16. The minimum Gasteiger partial charge on any atom is -0.309 e. The lowest BCUT2D eigenvalue weighted by molar-refractivity contribution is 1.07. The number of aromatic nitrogens is 4. The second-order valence-electron chi connectivity index (χ2n) is 13.6. The zero-order valence-electron chi connectivity index (χ0n) is 28.6. The summed E-state index contributed by atoms with van der Waals surface area (Å²) in [5.74, 6) is 1.94. The van der Waals surface area contributed by atoms with Crippen LogP contribution < -0.4 is 0 Å². The first-order valence-corrected chi connectivity index (χ1v) is 18.0. The fourth-order valence-electron chi connectivity index (χ4n) is 8.16. The predicted molar refractivity (Wildman–Crippen MR) is 220 cm³/mol. The summed E-state index contributed by atoms with van der Waals surface area (Å²) in [5, 5.41) is 9.91. The molecule has 0 bridgehead atoms. The molecule has 0 N–H and O–H groups in total. The van der Waals surface area contributed by atoms with Gasteiger partial charge < -0.3 is 4.57 Å². The molecule has 0 atom stereocenters. The molecule has 246 valence electrons. The van der Waals surface area contributed by atoms with Crippen LogP contribution in [0.1, 0.15) is 0 Å². The van der Waals surface area contributed by atoms with Gasteiger partial charge in [0, 0.05) is 38.5 Å². The molecule has 0 spiro atoms. The van der Waals surface area contributed by atoms with Crippen molar-refractivity contribution in [1.29, 1.82) is 0 Å². The van der Waals surface area contributed by atoms with Crippen LogP contribution in [-0.4, -0.2) is 19.5 Å². The number of nitrogens with zero attached hydrogens (tertiary/aromatic N) is 4. The van der Waals surface area contributed by atoms with Gasteiger partial charge in [0.2, 0.25) is 0 Å². The molecule has 11 rings (SSSR count). The van der Waals surface area contributed by atoms with E-state index in [1.165, 1.54) is 59.7 Å². The summed E-state index contributed by atoms with van der Waals surface area (Å²) >= 11 is 0. The number of benzene rings is 9. The summed E-state index contributed by atoms with van der Waals surface area (Å²) in [5.41, 5.74) is 8.74. The van der Waals surface area contributed by atoms with E-state index < -0.39 is 0 Å². The molecule has 2 heterocycles. The first-order chi connectivity index (χ1) is 26.3. The Balaban J connectivity index is 1.18. The lowest BCUT2D eigenvalue weighted by atomic mass is 9.90. The van der Waals surface area contributed by atoms with Crippen molar-refractivity contribution < 1.29 is 0 Å². The van der Waals surface area contributed by atoms with E-state index in [4.69, 9.17) is 15.0 Å². The fraction of sp³-hybridized carbons (Fsp3) is 0. The van der Waals surface area contributed by atoms with Gasteiger partial charge in [-0.25, -0.2) is 15.0 Å². The topological polar surface area (TPSA) is 43.6 Å². The molecule has 0 saturated carbocycles. The predicted octanol–water partition coefficient (Wildman–Crippen LogP) is 12.5. The van der Waals surface area contributed by atoms with E-state index in [0.29, 0.717) is 17.5 Å². The van der Waals surface area contributed by atoms with Crippen LogP contribution in [0.25, 0.3) is 105 Å². The second-order valence-corrected chi connectivity index (χ2v) is 13.6. The van der Waals surface area contributed by atoms with Crippen molar-refractivity contribution in [2.75, 3.05) is 0 Å². The molecule has 0 fully saturated rings. The van der Waals surface area contributed by atoms with Gasteiger partial charge in [0.05, 0.1) is 11.0 Å². The highest BCUT2D eigenvalue weighted by molar-refractivity contribution is 6.39. The number of para-hydroxylation sites is 1. The molecule has 0 saturated heterocycles. The lowest BCUT2D eigenvalue weighted by Crippen LogP contribution is -2.00. The van der Waals surface area contributed by atoms with Crippen LogP contribution in [0, 0.1) is 0 Å². The molecule has 0 amide bonds. The molecular formula is C49H30N4. The maximum Gasteiger partial charge on any atom is 0.164 e. The van der Waals surface area contributed by atoms with Crippen LogP contribution in [0.5, 0.6) is 0 Å². The van der Waals surface area contributed by atoms with E-state index in [2.05, 4.69) is 162 Å². The first kappa shape index (κ1) is 29.5. The number of hydrogen-bond acceptors (Lipinski definition) is 3. The Morgan fingerprint density at radius 1 is 0.302 bits per heavy atom. The van der Waals surface area contributed by atoms with Gasteiger partial charge >= 0.3 is 0 Å². The van der Waals surface area contributed by atoms with Gasteiger partial charge in [-0.3, -0.25) is 0 Å². The van der Waals surface area contributed by atoms with E-state index in [-0.39, 0.29) is 0 Å². The molecule has 53 heavy (non-hydrogen) atoms. The van der Waals surface area contributed by atoms with Gasteiger partial charge in [-0.1, -0.05) is 152 Å². The van der Waals surface area contributed by atoms with Gasteiger partial charge in [0.25, 0.3) is 0 Å². The fourth-order valence-corrected chi connectivity index (χ4v) is 8.16. The zero-order valence-corrected chi connectivity index (χ0v) is 28.6. The average Bonchev–Trinajstić information content (AvgIpc) is 3.57. The quantitative estimate of drug-likeness (QED) is 0.171. The number of hydrogen-bond donors (Lipinski definition) is 0. The third kappa shape index (κ3) is 4.66. The average molecular weight is 675 g/mol. The van der Waals surface area contributed by atoms with Gasteiger partial charge in [0.1, 0.15) is 0 Å². The normalized spacial score (nSPS) is 11.8. The Morgan fingerprint density at radius 2 is 0.849 bits per heavy atom. The van der Waals surface area contributed by atoms with Gasteiger partial charge in [-0.05, 0) is 68.4 Å². The van der Waals surface area contributed by atoms with Crippen LogP contribution in [0.2, 0.25) is 0 Å². The Bertz CT molecular complexity index is 3130. The Morgan fingerprint density at radius 3 is 1.58 bits per heavy atom. The first-order valence-electron chi connectivity index (χ1n) is 18.0. The maximum atomic E-state index is 5.16. The number of rotatable bonds is 5. The summed E-state index contributed by atoms with van der Waals surface area (Å²) in [7, 11) is 0. The lowest BCUT2D eigenvalue weighted by Gasteiger charge is -2.14. The highest BCUT2D eigenvalue weighted by Crippen LogP contribution is 2.47. The SMILES string of the molecule is c1ccc(-c2ccc(-c3nc(-c4ccccc4)nc(-c4ccc5c(c4)c4c6ccccc6cc6c4c4c5cccc4n6-c4ccccc4)n3)cc2)cc1. The standard InChI is InChI=1S/C49H30N4/c1-4-13-31(14-5-1)32-23-25-34(26-24-32)48-50-47(33-15-6-2-7-16-33)51-49(52-48)36-27-28-39-40-21-12-22-42-45(40)46-43(53(42)37-18-8-3-9-19-37)30-35-17-10-11-20-38(35)44(46)41(39)29-36/h1-30H. The van der Waals surface area contributed by atoms with E-state index in [0.717, 1.165) is 27.9 Å². The van der Waals surface area contributed by atoms with Crippen LogP contribution in [-0.2, 0) is 0 Å². The molecule has 0 aliphatic carbocycles. The molecule has 0 unspecified atom stereocenters. The zero-order chi connectivity index (χ0) is 34.9. The van der Waals surface area contributed by atoms with Crippen LogP contribution in [0.4, 0.5) is 0 Å². The van der Waals surface area contributed by atoms with Crippen molar-refractivity contribution in [1.82, 2.24) is 19.5 Å². The molecule has 4 nitrogen and oxygen atoms in total. The minimum absolute atomic E-state index is 0.644. The summed E-state index contributed by atoms with van der Waals surface area (Å²) in [6.45, 7) is 0. The largest absolute Gasteiger partial charge is 0.309 e. The second kappa shape index (κ2) is 11.7. The molecule has 4 heteroatoms. The van der Waals surface area contributed by atoms with Crippen LogP contribution >= 0.6 is 0 Å². The van der Waals surface area contributed by atoms with Crippen molar-refractivity contribution in [2.24, 2.45) is 0 Å². The third-order valence-electron chi connectivity index (χ3n) is 10.6. The molecule has 9 aromatic carbocycles. The highest BCUT2D eigenvalue weighted by atomic mass is 15.0. The third-order valence-corrected chi connectivity index (χ3v) is 10.6. The van der Waals surface area contributed by atoms with E-state index in [1.54, 1.807) is 0 Å². The molecule has 0 radical (unpaired) electrons. The molecule has 2 aromatic heterocycles. The van der Waals surface area contributed by atoms with Crippen molar-refractivity contribution in [3.63, 3.8) is 0 Å². The monoisotopic (exact) mass is 674 g/mol. The Labute approximate surface area is 305 Å². The van der Waals surface area contributed by atoms with E-state index in [1.807, 2.05) is 24.3 Å². The van der Waals surface area contributed by atoms with Crippen molar-refractivity contribution in [2.45, 2.75) is 0 Å². The Hall–Kier alpha value is -7.17. The molecule has 11 aromatic rings. The van der Waals surface area contributed by atoms with E-state index in [9.17, 15) is 0 Å². The van der Waals surface area contributed by atoms with Crippen LogP contribution in [0.3, 0.4) is 0 Å². The summed E-state index contributed by atoms with van der Waals surface area (Å²) < 4.78 is 2.42. The van der Waals surface area contributed by atoms with Gasteiger partial charge in [-0.15, -0.1) is 0 Å². The highest BCUT2D eigenvalue weighted by Gasteiger charge is 2.22. The number of fused-ring (bicyclic) bond motifs is 5.